The summed E-state index contributed by atoms with van der Waals surface area (Å²) in [5.41, 5.74) is 5.78. The van der Waals surface area contributed by atoms with Crippen LogP contribution in [0, 0.1) is 17.7 Å². The molecule has 7 nitrogen and oxygen atoms in total. The summed E-state index contributed by atoms with van der Waals surface area (Å²) >= 11 is 0. The fourth-order valence-electron chi connectivity index (χ4n) is 4.09. The minimum absolute atomic E-state index is 0.0159. The van der Waals surface area contributed by atoms with E-state index in [9.17, 15) is 22.4 Å². The Balaban J connectivity index is 1.92. The number of nitrogens with two attached hydrogens (primary N) is 1. The molecule has 0 spiro atoms. The monoisotopic (exact) mass is 461 g/mol. The lowest BCUT2D eigenvalue weighted by Gasteiger charge is -2.34. The number of hydrogen-bond acceptors (Lipinski definition) is 4. The quantitative estimate of drug-likeness (QED) is 0.685. The molecule has 1 fully saturated rings. The molecule has 3 rings (SSSR count). The van der Waals surface area contributed by atoms with E-state index in [2.05, 4.69) is 0 Å². The molecule has 1 heterocycles. The van der Waals surface area contributed by atoms with Crippen LogP contribution in [0.3, 0.4) is 0 Å². The van der Waals surface area contributed by atoms with Gasteiger partial charge in [0.25, 0.3) is 5.91 Å². The molecule has 2 amide bonds. The molecule has 1 aliphatic rings. The maximum Gasteiger partial charge on any atom is 0.258 e. The number of sulfonamides is 1. The van der Waals surface area contributed by atoms with Crippen molar-refractivity contribution >= 4 is 27.5 Å². The number of rotatable bonds is 7. The van der Waals surface area contributed by atoms with E-state index in [4.69, 9.17) is 5.73 Å². The zero-order valence-corrected chi connectivity index (χ0v) is 19.0. The topological polar surface area (TPSA) is 101 Å². The summed E-state index contributed by atoms with van der Waals surface area (Å²) in [7, 11) is -3.77. The van der Waals surface area contributed by atoms with Gasteiger partial charge in [-0.1, -0.05) is 19.9 Å². The summed E-state index contributed by atoms with van der Waals surface area (Å²) in [6.07, 6.45) is 0.877. The van der Waals surface area contributed by atoms with Crippen molar-refractivity contribution in [2.75, 3.05) is 24.5 Å². The smallest absolute Gasteiger partial charge is 0.258 e. The predicted molar refractivity (Wildman–Crippen MR) is 120 cm³/mol. The summed E-state index contributed by atoms with van der Waals surface area (Å²) < 4.78 is 41.3. The molecular weight excluding hydrogens is 433 g/mol. The lowest BCUT2D eigenvalue weighted by molar-refractivity contribution is -0.117. The third-order valence-electron chi connectivity index (χ3n) is 5.52. The molecule has 0 aromatic heterocycles. The Morgan fingerprint density at radius 2 is 1.72 bits per heavy atom. The minimum atomic E-state index is -3.77. The molecular formula is C23H28FN3O4S. The van der Waals surface area contributed by atoms with E-state index in [1.165, 1.54) is 57.7 Å². The molecule has 0 unspecified atom stereocenters. The first-order chi connectivity index (χ1) is 15.1. The second-order valence-corrected chi connectivity index (χ2v) is 10.4. The molecule has 1 aliphatic heterocycles. The zero-order valence-electron chi connectivity index (χ0n) is 18.2. The van der Waals surface area contributed by atoms with E-state index in [0.29, 0.717) is 18.8 Å². The number of amides is 2. The van der Waals surface area contributed by atoms with Crippen molar-refractivity contribution in [1.82, 2.24) is 4.31 Å². The molecule has 1 saturated heterocycles. The summed E-state index contributed by atoms with van der Waals surface area (Å²) in [5, 5.41) is 0. The van der Waals surface area contributed by atoms with Crippen LogP contribution in [0.1, 0.15) is 37.0 Å². The molecule has 0 radical (unpaired) electrons. The van der Waals surface area contributed by atoms with E-state index in [-0.39, 0.29) is 35.3 Å². The van der Waals surface area contributed by atoms with Crippen molar-refractivity contribution in [1.29, 1.82) is 0 Å². The molecule has 0 saturated carbocycles. The molecule has 2 atom stereocenters. The Bertz CT molecular complexity index is 1080. The van der Waals surface area contributed by atoms with E-state index >= 15 is 0 Å². The molecule has 0 bridgehead atoms. The van der Waals surface area contributed by atoms with E-state index in [1.54, 1.807) is 0 Å². The minimum Gasteiger partial charge on any atom is -0.370 e. The van der Waals surface area contributed by atoms with Gasteiger partial charge in [0.15, 0.2) is 0 Å². The molecule has 32 heavy (non-hydrogen) atoms. The SMILES string of the molecule is C[C@H]1C[C@H](C)CN(S(=O)(=O)c2cccc(C(=O)N(CCC(N)=O)c3ccc(F)cc3)c2)C1. The van der Waals surface area contributed by atoms with Crippen LogP contribution in [0.4, 0.5) is 10.1 Å². The molecule has 2 aromatic carbocycles. The van der Waals surface area contributed by atoms with Crippen molar-refractivity contribution in [3.63, 3.8) is 0 Å². The van der Waals surface area contributed by atoms with Crippen molar-refractivity contribution < 1.29 is 22.4 Å². The first-order valence-corrected chi connectivity index (χ1v) is 12.0. The van der Waals surface area contributed by atoms with Gasteiger partial charge in [-0.25, -0.2) is 12.8 Å². The van der Waals surface area contributed by atoms with E-state index in [1.807, 2.05) is 13.8 Å². The number of anilines is 1. The van der Waals surface area contributed by atoms with Crippen LogP contribution < -0.4 is 10.6 Å². The Kier molecular flexibility index (Phi) is 7.30. The summed E-state index contributed by atoms with van der Waals surface area (Å²) in [4.78, 5) is 25.9. The first-order valence-electron chi connectivity index (χ1n) is 10.5. The van der Waals surface area contributed by atoms with Crippen molar-refractivity contribution in [2.45, 2.75) is 31.6 Å². The van der Waals surface area contributed by atoms with Gasteiger partial charge in [0.1, 0.15) is 5.82 Å². The van der Waals surface area contributed by atoms with Crippen molar-refractivity contribution in [2.24, 2.45) is 17.6 Å². The average Bonchev–Trinajstić information content (AvgIpc) is 2.74. The highest BCUT2D eigenvalue weighted by Crippen LogP contribution is 2.27. The lowest BCUT2D eigenvalue weighted by atomic mass is 9.94. The number of carbonyl (C=O) groups is 2. The van der Waals surface area contributed by atoms with Gasteiger partial charge in [0, 0.05) is 37.3 Å². The van der Waals surface area contributed by atoms with Crippen LogP contribution in [0.5, 0.6) is 0 Å². The van der Waals surface area contributed by atoms with Gasteiger partial charge < -0.3 is 10.6 Å². The van der Waals surface area contributed by atoms with Crippen LogP contribution in [0.2, 0.25) is 0 Å². The molecule has 2 aromatic rings. The highest BCUT2D eigenvalue weighted by molar-refractivity contribution is 7.89. The second kappa shape index (κ2) is 9.79. The number of primary amides is 1. The molecule has 0 aliphatic carbocycles. The second-order valence-electron chi connectivity index (χ2n) is 8.45. The Morgan fingerprint density at radius 3 is 2.31 bits per heavy atom. The Labute approximate surface area is 188 Å². The van der Waals surface area contributed by atoms with Gasteiger partial charge in [0.2, 0.25) is 15.9 Å². The maximum absolute atomic E-state index is 13.4. The van der Waals surface area contributed by atoms with Crippen LogP contribution in [-0.2, 0) is 14.8 Å². The van der Waals surface area contributed by atoms with E-state index in [0.717, 1.165) is 6.42 Å². The highest BCUT2D eigenvalue weighted by atomic mass is 32.2. The van der Waals surface area contributed by atoms with Crippen LogP contribution in [0.15, 0.2) is 53.4 Å². The Morgan fingerprint density at radius 1 is 1.09 bits per heavy atom. The van der Waals surface area contributed by atoms with Gasteiger partial charge in [-0.3, -0.25) is 9.59 Å². The lowest BCUT2D eigenvalue weighted by Crippen LogP contribution is -2.42. The van der Waals surface area contributed by atoms with E-state index < -0.39 is 27.7 Å². The zero-order chi connectivity index (χ0) is 23.5. The third-order valence-corrected chi connectivity index (χ3v) is 7.35. The third kappa shape index (κ3) is 5.52. The molecule has 172 valence electrons. The highest BCUT2D eigenvalue weighted by Gasteiger charge is 2.32. The van der Waals surface area contributed by atoms with Crippen molar-refractivity contribution in [3.8, 4) is 0 Å². The van der Waals surface area contributed by atoms with Crippen LogP contribution in [0.25, 0.3) is 0 Å². The normalized spacial score (nSPS) is 19.5. The fourth-order valence-corrected chi connectivity index (χ4v) is 5.81. The summed E-state index contributed by atoms with van der Waals surface area (Å²) in [6.45, 7) is 4.91. The molecule has 2 N–H and O–H groups in total. The van der Waals surface area contributed by atoms with Gasteiger partial charge in [-0.2, -0.15) is 4.31 Å². The summed E-state index contributed by atoms with van der Waals surface area (Å²) in [5.74, 6) is -1.05. The number of nitrogens with zero attached hydrogens (tertiary/aromatic N) is 2. The maximum atomic E-state index is 13.4. The standard InChI is InChI=1S/C23H28FN3O4S/c1-16-12-17(2)15-26(14-16)32(30,31)21-5-3-4-18(13-21)23(29)27(11-10-22(25)28)20-8-6-19(24)7-9-20/h3-9,13,16-17H,10-12,14-15H2,1-2H3,(H2,25,28)/t16-,17-/m0/s1. The molecule has 9 heteroatoms. The van der Waals surface area contributed by atoms with Crippen LogP contribution >= 0.6 is 0 Å². The average molecular weight is 462 g/mol. The van der Waals surface area contributed by atoms with Gasteiger partial charge >= 0.3 is 0 Å². The number of piperidine rings is 1. The van der Waals surface area contributed by atoms with Gasteiger partial charge in [-0.15, -0.1) is 0 Å². The number of carbonyl (C=O) groups excluding carboxylic acids is 2. The first kappa shape index (κ1) is 23.9. The number of hydrogen-bond donors (Lipinski definition) is 1. The largest absolute Gasteiger partial charge is 0.370 e. The Hall–Kier alpha value is -2.78. The van der Waals surface area contributed by atoms with Gasteiger partial charge in [0.05, 0.1) is 4.90 Å². The van der Waals surface area contributed by atoms with Crippen molar-refractivity contribution in [3.05, 3.63) is 59.9 Å². The predicted octanol–water partition coefficient (Wildman–Crippen LogP) is 3.01. The summed E-state index contributed by atoms with van der Waals surface area (Å²) in [6, 6.07) is 11.1. The van der Waals surface area contributed by atoms with Gasteiger partial charge in [-0.05, 0) is 60.7 Å². The van der Waals surface area contributed by atoms with Crippen LogP contribution in [-0.4, -0.2) is 44.2 Å². The number of halogens is 1. The number of benzene rings is 2. The fraction of sp³-hybridized carbons (Fsp3) is 0.391.